The third-order valence-electron chi connectivity index (χ3n) is 2.20. The first-order chi connectivity index (χ1) is 7.29. The van der Waals surface area contributed by atoms with Crippen LogP contribution < -0.4 is 4.74 Å². The van der Waals surface area contributed by atoms with Crippen LogP contribution in [0.4, 0.5) is 0 Å². The highest BCUT2D eigenvalue weighted by Gasteiger charge is 2.15. The van der Waals surface area contributed by atoms with E-state index in [-0.39, 0.29) is 6.61 Å². The van der Waals surface area contributed by atoms with E-state index in [2.05, 4.69) is 13.8 Å². The van der Waals surface area contributed by atoms with E-state index in [0.717, 1.165) is 0 Å². The fourth-order valence-electron chi connectivity index (χ4n) is 1.24. The van der Waals surface area contributed by atoms with Gasteiger partial charge in [-0.2, -0.15) is 0 Å². The summed E-state index contributed by atoms with van der Waals surface area (Å²) in [5, 5.41) is 10.2. The first-order valence-electron chi connectivity index (χ1n) is 5.44. The molecule has 0 atom stereocenters. The number of hydrogen-bond acceptors (Lipinski definition) is 2. The van der Waals surface area contributed by atoms with Crippen molar-refractivity contribution in [1.82, 2.24) is 0 Å². The lowest BCUT2D eigenvalue weighted by Gasteiger charge is -2.19. The topological polar surface area (TPSA) is 29.5 Å². The van der Waals surface area contributed by atoms with Crippen molar-refractivity contribution in [3.8, 4) is 5.75 Å². The van der Waals surface area contributed by atoms with Gasteiger partial charge in [0, 0.05) is 0 Å². The highest BCUT2D eigenvalue weighted by Crippen LogP contribution is 2.29. The summed E-state index contributed by atoms with van der Waals surface area (Å²) in [7, 11) is 0. The van der Waals surface area contributed by atoms with E-state index in [1.807, 2.05) is 18.2 Å². The molecule has 0 saturated carbocycles. The quantitative estimate of drug-likeness (QED) is 0.874. The Labute approximate surface area is 102 Å². The number of aliphatic hydroxyl groups is 1. The van der Waals surface area contributed by atoms with Crippen LogP contribution in [0.3, 0.4) is 0 Å². The molecule has 0 aliphatic heterocycles. The van der Waals surface area contributed by atoms with Crippen molar-refractivity contribution in [2.45, 2.75) is 39.2 Å². The van der Waals surface area contributed by atoms with Gasteiger partial charge < -0.3 is 9.84 Å². The fourth-order valence-corrected chi connectivity index (χ4v) is 1.42. The Kier molecular flexibility index (Phi) is 4.22. The zero-order chi connectivity index (χ0) is 12.3. The summed E-state index contributed by atoms with van der Waals surface area (Å²) < 4.78 is 5.51. The number of hydrogen-bond donors (Lipinski definition) is 1. The third-order valence-corrected chi connectivity index (χ3v) is 2.52. The van der Waals surface area contributed by atoms with E-state index >= 15 is 0 Å². The van der Waals surface area contributed by atoms with Crippen LogP contribution >= 0.6 is 11.6 Å². The first kappa shape index (κ1) is 13.3. The second-order valence-electron chi connectivity index (χ2n) is 4.95. The first-order valence-corrected chi connectivity index (χ1v) is 5.82. The van der Waals surface area contributed by atoms with E-state index in [0.29, 0.717) is 16.7 Å². The van der Waals surface area contributed by atoms with Gasteiger partial charge >= 0.3 is 0 Å². The summed E-state index contributed by atoms with van der Waals surface area (Å²) in [6.45, 7) is 7.86. The van der Waals surface area contributed by atoms with Gasteiger partial charge in [0.2, 0.25) is 0 Å². The second kappa shape index (κ2) is 5.07. The molecule has 90 valence electrons. The Hall–Kier alpha value is -0.730. The van der Waals surface area contributed by atoms with Gasteiger partial charge in [0.05, 0.1) is 10.6 Å². The molecule has 0 unspecified atom stereocenters. The number of halogens is 1. The van der Waals surface area contributed by atoms with Crippen molar-refractivity contribution in [1.29, 1.82) is 0 Å². The number of benzene rings is 1. The summed E-state index contributed by atoms with van der Waals surface area (Å²) in [6.07, 6.45) is 0. The Bertz CT molecular complexity index is 353. The van der Waals surface area contributed by atoms with E-state index in [1.165, 1.54) is 5.56 Å². The fraction of sp³-hybridized carbons (Fsp3) is 0.538. The van der Waals surface area contributed by atoms with Crippen LogP contribution in [0.2, 0.25) is 5.02 Å². The van der Waals surface area contributed by atoms with Gasteiger partial charge in [-0.25, -0.2) is 0 Å². The van der Waals surface area contributed by atoms with E-state index < -0.39 is 5.60 Å². The molecule has 1 rings (SSSR count). The largest absolute Gasteiger partial charge is 0.489 e. The normalized spacial score (nSPS) is 11.9. The van der Waals surface area contributed by atoms with Crippen LogP contribution in [-0.2, 0) is 0 Å². The average Bonchev–Trinajstić information content (AvgIpc) is 2.14. The Balaban J connectivity index is 2.82. The van der Waals surface area contributed by atoms with Crippen molar-refractivity contribution in [2.75, 3.05) is 6.61 Å². The van der Waals surface area contributed by atoms with Crippen LogP contribution in [0, 0.1) is 0 Å². The molecule has 0 fully saturated rings. The molecule has 0 amide bonds. The highest BCUT2D eigenvalue weighted by molar-refractivity contribution is 6.32. The minimum absolute atomic E-state index is 0.230. The summed E-state index contributed by atoms with van der Waals surface area (Å²) in [5.74, 6) is 1.07. The monoisotopic (exact) mass is 242 g/mol. The zero-order valence-electron chi connectivity index (χ0n) is 10.2. The summed E-state index contributed by atoms with van der Waals surface area (Å²) in [5.41, 5.74) is 0.326. The molecule has 16 heavy (non-hydrogen) atoms. The highest BCUT2D eigenvalue weighted by atomic mass is 35.5. The molecule has 1 N–H and O–H groups in total. The van der Waals surface area contributed by atoms with E-state index in [9.17, 15) is 5.11 Å². The third kappa shape index (κ3) is 4.03. The lowest BCUT2D eigenvalue weighted by Crippen LogP contribution is -2.27. The van der Waals surface area contributed by atoms with Gasteiger partial charge in [0.25, 0.3) is 0 Å². The maximum absolute atomic E-state index is 9.58. The van der Waals surface area contributed by atoms with Crippen LogP contribution in [0.1, 0.15) is 39.2 Å². The van der Waals surface area contributed by atoms with Gasteiger partial charge in [-0.05, 0) is 37.5 Å². The summed E-state index contributed by atoms with van der Waals surface area (Å²) in [4.78, 5) is 0. The van der Waals surface area contributed by atoms with Crippen LogP contribution in [-0.4, -0.2) is 17.3 Å². The van der Waals surface area contributed by atoms with E-state index in [4.69, 9.17) is 16.3 Å². The molecule has 0 saturated heterocycles. The average molecular weight is 243 g/mol. The molecule has 0 aliphatic rings. The lowest BCUT2D eigenvalue weighted by atomic mass is 10.0. The minimum atomic E-state index is -0.850. The predicted octanol–water partition coefficient (Wildman–Crippen LogP) is 3.61. The molecule has 0 heterocycles. The van der Waals surface area contributed by atoms with Crippen molar-refractivity contribution in [3.05, 3.63) is 28.8 Å². The molecule has 1 aromatic carbocycles. The predicted molar refractivity (Wildman–Crippen MR) is 67.3 cm³/mol. The number of ether oxygens (including phenoxy) is 1. The van der Waals surface area contributed by atoms with Gasteiger partial charge in [-0.1, -0.05) is 31.5 Å². The molecular formula is C13H19ClO2. The van der Waals surface area contributed by atoms with Gasteiger partial charge in [-0.3, -0.25) is 0 Å². The maximum atomic E-state index is 9.58. The molecule has 3 heteroatoms. The maximum Gasteiger partial charge on any atom is 0.138 e. The van der Waals surface area contributed by atoms with Gasteiger partial charge in [0.1, 0.15) is 12.4 Å². The lowest BCUT2D eigenvalue weighted by molar-refractivity contribution is 0.0285. The summed E-state index contributed by atoms with van der Waals surface area (Å²) >= 11 is 6.02. The van der Waals surface area contributed by atoms with E-state index in [1.54, 1.807) is 13.8 Å². The summed E-state index contributed by atoms with van der Waals surface area (Å²) in [6, 6.07) is 5.75. The molecule has 0 aromatic heterocycles. The second-order valence-corrected chi connectivity index (χ2v) is 5.35. The molecular weight excluding hydrogens is 224 g/mol. The van der Waals surface area contributed by atoms with Crippen LogP contribution in [0.15, 0.2) is 18.2 Å². The Morgan fingerprint density at radius 2 is 2.00 bits per heavy atom. The molecule has 0 radical (unpaired) electrons. The van der Waals surface area contributed by atoms with Crippen molar-refractivity contribution < 1.29 is 9.84 Å². The van der Waals surface area contributed by atoms with Crippen molar-refractivity contribution in [2.24, 2.45) is 0 Å². The molecule has 2 nitrogen and oxygen atoms in total. The molecule has 1 aromatic rings. The molecule has 0 bridgehead atoms. The number of rotatable bonds is 4. The smallest absolute Gasteiger partial charge is 0.138 e. The van der Waals surface area contributed by atoms with Crippen molar-refractivity contribution in [3.63, 3.8) is 0 Å². The minimum Gasteiger partial charge on any atom is -0.489 e. The van der Waals surface area contributed by atoms with Crippen LogP contribution in [0.25, 0.3) is 0 Å². The SMILES string of the molecule is CC(C)c1ccc(Cl)c(OCC(C)(C)O)c1. The zero-order valence-corrected chi connectivity index (χ0v) is 11.0. The Morgan fingerprint density at radius 1 is 1.38 bits per heavy atom. The van der Waals surface area contributed by atoms with Crippen LogP contribution in [0.5, 0.6) is 5.75 Å². The molecule has 0 aliphatic carbocycles. The Morgan fingerprint density at radius 3 is 2.50 bits per heavy atom. The molecule has 0 spiro atoms. The van der Waals surface area contributed by atoms with Crippen molar-refractivity contribution >= 4 is 11.6 Å². The standard InChI is InChI=1S/C13H19ClO2/c1-9(2)10-5-6-11(14)12(7-10)16-8-13(3,4)15/h5-7,9,15H,8H2,1-4H3. The van der Waals surface area contributed by atoms with Gasteiger partial charge in [-0.15, -0.1) is 0 Å². The van der Waals surface area contributed by atoms with Gasteiger partial charge in [0.15, 0.2) is 0 Å².